The van der Waals surface area contributed by atoms with E-state index in [0.717, 1.165) is 48.4 Å². The second kappa shape index (κ2) is 8.63. The number of aromatic amines is 1. The predicted molar refractivity (Wildman–Crippen MR) is 129 cm³/mol. The van der Waals surface area contributed by atoms with Crippen LogP contribution in [0.5, 0.6) is 0 Å². The van der Waals surface area contributed by atoms with Crippen molar-refractivity contribution in [1.29, 1.82) is 0 Å². The zero-order valence-electron chi connectivity index (χ0n) is 19.1. The third-order valence-corrected chi connectivity index (χ3v) is 6.40. The number of fused-ring (bicyclic) bond motifs is 3. The number of para-hydroxylation sites is 1. The monoisotopic (exact) mass is 462 g/mol. The largest absolute Gasteiger partial charge is 0.435 e. The van der Waals surface area contributed by atoms with Gasteiger partial charge in [0.1, 0.15) is 0 Å². The third kappa shape index (κ3) is 3.95. The average molecular weight is 463 g/mol. The smallest absolute Gasteiger partial charge is 0.344 e. The minimum absolute atomic E-state index is 0.243. The van der Waals surface area contributed by atoms with Gasteiger partial charge >= 0.3 is 6.18 Å². The van der Waals surface area contributed by atoms with Gasteiger partial charge in [0.15, 0.2) is 5.69 Å². The van der Waals surface area contributed by atoms with E-state index in [2.05, 4.69) is 64.1 Å². The number of nitrogens with one attached hydrogen (secondary N) is 1. The van der Waals surface area contributed by atoms with E-state index in [1.54, 1.807) is 6.20 Å². The lowest BCUT2D eigenvalue weighted by atomic mass is 9.93. The van der Waals surface area contributed by atoms with E-state index in [0.29, 0.717) is 5.69 Å². The number of aromatic nitrogens is 4. The summed E-state index contributed by atoms with van der Waals surface area (Å²) in [6.07, 6.45) is 1.42. The highest BCUT2D eigenvalue weighted by Gasteiger charge is 2.34. The van der Waals surface area contributed by atoms with Crippen LogP contribution in [0.4, 0.5) is 13.2 Å². The van der Waals surface area contributed by atoms with Crippen LogP contribution >= 0.6 is 0 Å². The van der Waals surface area contributed by atoms with Crippen molar-refractivity contribution in [3.8, 4) is 22.5 Å². The minimum atomic E-state index is -4.50. The topological polar surface area (TPSA) is 46.5 Å². The average Bonchev–Trinajstić information content (AvgIpc) is 3.44. The first kappa shape index (κ1) is 22.2. The molecule has 0 unspecified atom stereocenters. The molecule has 0 aliphatic heterocycles. The fourth-order valence-electron chi connectivity index (χ4n) is 4.63. The highest BCUT2D eigenvalue weighted by molar-refractivity contribution is 6.09. The molecule has 0 fully saturated rings. The number of aryl methyl sites for hydroxylation is 2. The molecule has 174 valence electrons. The van der Waals surface area contributed by atoms with Gasteiger partial charge in [0.2, 0.25) is 0 Å². The molecule has 34 heavy (non-hydrogen) atoms. The Morgan fingerprint density at radius 2 is 1.76 bits per heavy atom. The van der Waals surface area contributed by atoms with Crippen molar-refractivity contribution in [2.75, 3.05) is 0 Å². The van der Waals surface area contributed by atoms with Crippen LogP contribution < -0.4 is 0 Å². The van der Waals surface area contributed by atoms with Crippen molar-refractivity contribution in [2.24, 2.45) is 7.05 Å². The molecule has 1 N–H and O–H groups in total. The Bertz CT molecular complexity index is 1480. The quantitative estimate of drug-likeness (QED) is 0.265. The maximum absolute atomic E-state index is 13.0. The molecule has 0 saturated carbocycles. The summed E-state index contributed by atoms with van der Waals surface area (Å²) < 4.78 is 41.3. The van der Waals surface area contributed by atoms with Crippen LogP contribution in [0.15, 0.2) is 60.8 Å². The van der Waals surface area contributed by atoms with E-state index >= 15 is 0 Å². The molecular formula is C27H25F3N4. The normalized spacial score (nSPS) is 12.1. The molecule has 0 saturated heterocycles. The van der Waals surface area contributed by atoms with Gasteiger partial charge in [-0.25, -0.2) is 0 Å². The van der Waals surface area contributed by atoms with Gasteiger partial charge in [0.25, 0.3) is 0 Å². The molecule has 0 aliphatic rings. The van der Waals surface area contributed by atoms with Gasteiger partial charge in [-0.05, 0) is 65.9 Å². The van der Waals surface area contributed by atoms with E-state index in [9.17, 15) is 13.2 Å². The number of nitrogens with zero attached hydrogens (tertiary/aromatic N) is 3. The van der Waals surface area contributed by atoms with Crippen molar-refractivity contribution in [2.45, 2.75) is 38.8 Å². The minimum Gasteiger partial charge on any atom is -0.344 e. The molecule has 3 aromatic heterocycles. The molecule has 0 bridgehead atoms. The van der Waals surface area contributed by atoms with E-state index < -0.39 is 11.9 Å². The number of unbranched alkanes of at least 4 members (excludes halogenated alkanes) is 2. The number of benzene rings is 2. The highest BCUT2D eigenvalue weighted by Crippen LogP contribution is 2.36. The van der Waals surface area contributed by atoms with E-state index in [1.165, 1.54) is 21.9 Å². The Morgan fingerprint density at radius 1 is 0.941 bits per heavy atom. The number of H-pyrrole nitrogens is 1. The van der Waals surface area contributed by atoms with Crippen LogP contribution in [0.1, 0.15) is 37.4 Å². The molecular weight excluding hydrogens is 437 g/mol. The number of pyridine rings is 1. The highest BCUT2D eigenvalue weighted by atomic mass is 19.4. The second-order valence-electron chi connectivity index (χ2n) is 8.65. The first-order valence-corrected chi connectivity index (χ1v) is 11.5. The fourth-order valence-corrected chi connectivity index (χ4v) is 4.63. The molecule has 5 rings (SSSR count). The lowest BCUT2D eigenvalue weighted by Crippen LogP contribution is -2.04. The summed E-state index contributed by atoms with van der Waals surface area (Å²) in [6.45, 7) is 2.18. The summed E-state index contributed by atoms with van der Waals surface area (Å²) in [4.78, 5) is 4.31. The van der Waals surface area contributed by atoms with Crippen molar-refractivity contribution in [1.82, 2.24) is 19.7 Å². The molecule has 4 nitrogen and oxygen atoms in total. The van der Waals surface area contributed by atoms with Crippen molar-refractivity contribution in [3.05, 3.63) is 72.1 Å². The molecule has 0 spiro atoms. The van der Waals surface area contributed by atoms with Crippen molar-refractivity contribution < 1.29 is 13.2 Å². The summed E-state index contributed by atoms with van der Waals surface area (Å²) in [5, 5.41) is 8.33. The summed E-state index contributed by atoms with van der Waals surface area (Å²) in [7, 11) is 2.06. The Balaban J connectivity index is 1.65. The fraction of sp³-hybridized carbons (Fsp3) is 0.259. The Hall–Kier alpha value is -3.61. The van der Waals surface area contributed by atoms with Crippen LogP contribution in [-0.2, 0) is 19.6 Å². The first-order chi connectivity index (χ1) is 16.4. The maximum atomic E-state index is 13.0. The van der Waals surface area contributed by atoms with E-state index in [-0.39, 0.29) is 5.69 Å². The van der Waals surface area contributed by atoms with Crippen molar-refractivity contribution >= 4 is 21.8 Å². The molecule has 5 aromatic rings. The van der Waals surface area contributed by atoms with Crippen LogP contribution in [0.25, 0.3) is 44.3 Å². The van der Waals surface area contributed by atoms with Gasteiger partial charge in [-0.2, -0.15) is 18.3 Å². The number of hydrogen-bond donors (Lipinski definition) is 1. The zero-order chi connectivity index (χ0) is 23.9. The van der Waals surface area contributed by atoms with Crippen LogP contribution in [-0.4, -0.2) is 19.7 Å². The van der Waals surface area contributed by atoms with Gasteiger partial charge in [-0.15, -0.1) is 0 Å². The van der Waals surface area contributed by atoms with Crippen LogP contribution in [0.3, 0.4) is 0 Å². The molecule has 3 heterocycles. The number of rotatable bonds is 6. The van der Waals surface area contributed by atoms with E-state index in [1.807, 2.05) is 18.2 Å². The summed E-state index contributed by atoms with van der Waals surface area (Å²) >= 11 is 0. The number of halogens is 3. The van der Waals surface area contributed by atoms with Gasteiger partial charge in [0, 0.05) is 35.1 Å². The molecule has 2 aromatic carbocycles. The zero-order valence-corrected chi connectivity index (χ0v) is 19.1. The standard InChI is InChI=1S/C27H25F3N4/c1-3-4-5-8-17-13-21-19-9-6-7-10-24(19)34(2)25(21)15-20(17)18-11-12-31-22(14-18)23-16-26(33-32-23)27(28,29)30/h6-7,9-16H,3-5,8H2,1-2H3,(H,32,33). The second-order valence-corrected chi connectivity index (χ2v) is 8.65. The maximum Gasteiger partial charge on any atom is 0.435 e. The number of alkyl halides is 3. The Morgan fingerprint density at radius 3 is 2.53 bits per heavy atom. The summed E-state index contributed by atoms with van der Waals surface area (Å²) in [5.74, 6) is 0. The lowest BCUT2D eigenvalue weighted by molar-refractivity contribution is -0.141. The Labute approximate surface area is 195 Å². The van der Waals surface area contributed by atoms with Crippen molar-refractivity contribution in [3.63, 3.8) is 0 Å². The van der Waals surface area contributed by atoms with Gasteiger partial charge in [-0.3, -0.25) is 10.1 Å². The van der Waals surface area contributed by atoms with Gasteiger partial charge in [0.05, 0.1) is 11.4 Å². The molecule has 0 atom stereocenters. The summed E-state index contributed by atoms with van der Waals surface area (Å²) in [5.41, 5.74) is 5.24. The van der Waals surface area contributed by atoms with Gasteiger partial charge < -0.3 is 4.57 Å². The van der Waals surface area contributed by atoms with Crippen LogP contribution in [0, 0.1) is 0 Å². The molecule has 0 aliphatic carbocycles. The van der Waals surface area contributed by atoms with E-state index in [4.69, 9.17) is 0 Å². The molecule has 0 radical (unpaired) electrons. The van der Waals surface area contributed by atoms with Crippen LogP contribution in [0.2, 0.25) is 0 Å². The number of hydrogen-bond acceptors (Lipinski definition) is 2. The van der Waals surface area contributed by atoms with Gasteiger partial charge in [-0.1, -0.05) is 38.0 Å². The third-order valence-electron chi connectivity index (χ3n) is 6.40. The Kier molecular flexibility index (Phi) is 5.63. The molecule has 0 amide bonds. The SMILES string of the molecule is CCCCCc1cc2c3ccccc3n(C)c2cc1-c1ccnc(-c2cc(C(F)(F)F)n[nH]2)c1. The molecule has 7 heteroatoms. The first-order valence-electron chi connectivity index (χ1n) is 11.5. The summed E-state index contributed by atoms with van der Waals surface area (Å²) in [6, 6.07) is 17.6. The predicted octanol–water partition coefficient (Wildman–Crippen LogP) is 7.54. The lowest BCUT2D eigenvalue weighted by Gasteiger charge is -2.12.